The van der Waals surface area contributed by atoms with Gasteiger partial charge in [0.15, 0.2) is 0 Å². The number of amides is 1. The number of anilines is 2. The molecule has 25 heavy (non-hydrogen) atoms. The molecule has 1 N–H and O–H groups in total. The molecule has 0 aliphatic carbocycles. The summed E-state index contributed by atoms with van der Waals surface area (Å²) in [5, 5.41) is 2.74. The average molecular weight is 362 g/mol. The Kier molecular flexibility index (Phi) is 5.03. The minimum atomic E-state index is -3.21. The van der Waals surface area contributed by atoms with Crippen molar-refractivity contribution < 1.29 is 17.6 Å². The van der Waals surface area contributed by atoms with Crippen LogP contribution in [-0.2, 0) is 21.2 Å². The van der Waals surface area contributed by atoms with Crippen molar-refractivity contribution in [3.05, 3.63) is 59.9 Å². The molecule has 1 saturated heterocycles. The van der Waals surface area contributed by atoms with Crippen LogP contribution in [0.15, 0.2) is 48.5 Å². The van der Waals surface area contributed by atoms with Gasteiger partial charge in [0.05, 0.1) is 11.4 Å². The summed E-state index contributed by atoms with van der Waals surface area (Å²) in [5.41, 5.74) is 1.69. The highest BCUT2D eigenvalue weighted by atomic mass is 32.2. The quantitative estimate of drug-likeness (QED) is 0.889. The Bertz CT molecular complexity index is 866. The Labute approximate surface area is 146 Å². The number of aryl methyl sites for hydroxylation is 1. The van der Waals surface area contributed by atoms with Crippen LogP contribution in [0.4, 0.5) is 15.8 Å². The molecule has 2 aromatic rings. The molecule has 5 nitrogen and oxygen atoms in total. The third kappa shape index (κ3) is 4.17. The number of hydrogen-bond donors (Lipinski definition) is 1. The zero-order chi connectivity index (χ0) is 17.9. The lowest BCUT2D eigenvalue weighted by Gasteiger charge is -2.17. The fourth-order valence-electron chi connectivity index (χ4n) is 2.81. The lowest BCUT2D eigenvalue weighted by Crippen LogP contribution is -2.25. The van der Waals surface area contributed by atoms with E-state index in [9.17, 15) is 17.6 Å². The third-order valence-corrected chi connectivity index (χ3v) is 5.99. The van der Waals surface area contributed by atoms with Gasteiger partial charge >= 0.3 is 0 Å². The van der Waals surface area contributed by atoms with Gasteiger partial charge < -0.3 is 5.32 Å². The number of nitrogens with zero attached hydrogens (tertiary/aromatic N) is 1. The van der Waals surface area contributed by atoms with Crippen LogP contribution in [0.2, 0.25) is 0 Å². The summed E-state index contributed by atoms with van der Waals surface area (Å²) in [6, 6.07) is 13.1. The van der Waals surface area contributed by atoms with E-state index < -0.39 is 10.0 Å². The Hall–Kier alpha value is -2.41. The van der Waals surface area contributed by atoms with Crippen molar-refractivity contribution in [1.82, 2.24) is 0 Å². The first-order chi connectivity index (χ1) is 12.0. The molecule has 1 aliphatic heterocycles. The Morgan fingerprint density at radius 3 is 2.48 bits per heavy atom. The molecular weight excluding hydrogens is 343 g/mol. The molecule has 7 heteroatoms. The van der Waals surface area contributed by atoms with Gasteiger partial charge in [-0.05, 0) is 48.7 Å². The first-order valence-electron chi connectivity index (χ1n) is 8.09. The maximum Gasteiger partial charge on any atom is 0.235 e. The molecule has 1 heterocycles. The number of carbonyl (C=O) groups is 1. The van der Waals surface area contributed by atoms with E-state index in [0.29, 0.717) is 36.3 Å². The maximum atomic E-state index is 13.5. The van der Waals surface area contributed by atoms with Crippen molar-refractivity contribution in [1.29, 1.82) is 0 Å². The minimum Gasteiger partial charge on any atom is -0.326 e. The minimum absolute atomic E-state index is 0.168. The highest BCUT2D eigenvalue weighted by molar-refractivity contribution is 7.93. The predicted octanol–water partition coefficient (Wildman–Crippen LogP) is 2.94. The van der Waals surface area contributed by atoms with E-state index in [1.807, 2.05) is 0 Å². The van der Waals surface area contributed by atoms with Gasteiger partial charge in [-0.25, -0.2) is 12.8 Å². The van der Waals surface area contributed by atoms with Gasteiger partial charge in [-0.15, -0.1) is 0 Å². The molecule has 2 aromatic carbocycles. The van der Waals surface area contributed by atoms with Crippen molar-refractivity contribution >= 4 is 27.3 Å². The first kappa shape index (κ1) is 17.4. The van der Waals surface area contributed by atoms with Crippen molar-refractivity contribution in [2.45, 2.75) is 19.3 Å². The number of hydrogen-bond acceptors (Lipinski definition) is 3. The second-order valence-electron chi connectivity index (χ2n) is 5.93. The Morgan fingerprint density at radius 1 is 1.12 bits per heavy atom. The molecule has 1 aliphatic rings. The molecule has 132 valence electrons. The van der Waals surface area contributed by atoms with Gasteiger partial charge in [0.1, 0.15) is 5.82 Å². The van der Waals surface area contributed by atoms with Gasteiger partial charge in [0, 0.05) is 18.7 Å². The van der Waals surface area contributed by atoms with E-state index in [1.165, 1.54) is 10.4 Å². The molecule has 0 spiro atoms. The molecular formula is C18H19FN2O3S. The fourth-order valence-corrected chi connectivity index (χ4v) is 4.38. The van der Waals surface area contributed by atoms with E-state index in [-0.39, 0.29) is 23.9 Å². The predicted molar refractivity (Wildman–Crippen MR) is 95.5 cm³/mol. The van der Waals surface area contributed by atoms with E-state index in [4.69, 9.17) is 0 Å². The van der Waals surface area contributed by atoms with Crippen molar-refractivity contribution in [3.63, 3.8) is 0 Å². The summed E-state index contributed by atoms with van der Waals surface area (Å²) < 4.78 is 38.7. The topological polar surface area (TPSA) is 66.5 Å². The van der Waals surface area contributed by atoms with Gasteiger partial charge in [-0.2, -0.15) is 0 Å². The lowest BCUT2D eigenvalue weighted by molar-refractivity contribution is -0.116. The van der Waals surface area contributed by atoms with Crippen LogP contribution in [0.5, 0.6) is 0 Å². The lowest BCUT2D eigenvalue weighted by atomic mass is 10.1. The zero-order valence-electron chi connectivity index (χ0n) is 13.6. The molecule has 3 rings (SSSR count). The molecule has 0 bridgehead atoms. The average Bonchev–Trinajstić information content (AvgIpc) is 2.94. The van der Waals surface area contributed by atoms with Crippen LogP contribution < -0.4 is 9.62 Å². The number of sulfonamides is 1. The van der Waals surface area contributed by atoms with Gasteiger partial charge in [0.25, 0.3) is 0 Å². The number of halogens is 1. The monoisotopic (exact) mass is 362 g/mol. The van der Waals surface area contributed by atoms with Crippen LogP contribution >= 0.6 is 0 Å². The van der Waals surface area contributed by atoms with Crippen LogP contribution in [0, 0.1) is 5.82 Å². The van der Waals surface area contributed by atoms with Gasteiger partial charge in [0.2, 0.25) is 15.9 Å². The molecule has 0 unspecified atom stereocenters. The highest BCUT2D eigenvalue weighted by Crippen LogP contribution is 2.25. The second-order valence-corrected chi connectivity index (χ2v) is 7.94. The number of carbonyl (C=O) groups excluding carboxylic acids is 1. The van der Waals surface area contributed by atoms with E-state index in [0.717, 1.165) is 0 Å². The summed E-state index contributed by atoms with van der Waals surface area (Å²) in [6.07, 6.45) is 1.11. The zero-order valence-corrected chi connectivity index (χ0v) is 14.4. The molecule has 0 aromatic heterocycles. The van der Waals surface area contributed by atoms with Crippen molar-refractivity contribution in [2.75, 3.05) is 21.9 Å². The molecule has 1 fully saturated rings. The van der Waals surface area contributed by atoms with Gasteiger partial charge in [-0.3, -0.25) is 9.10 Å². The largest absolute Gasteiger partial charge is 0.326 e. The summed E-state index contributed by atoms with van der Waals surface area (Å²) in [4.78, 5) is 12.0. The summed E-state index contributed by atoms with van der Waals surface area (Å²) in [7, 11) is -3.21. The summed E-state index contributed by atoms with van der Waals surface area (Å²) in [5.74, 6) is -0.363. The standard InChI is InChI=1S/C18H19FN2O3S/c19-17-5-2-1-4-14(17)6-11-18(22)20-15-7-9-16(10-8-15)21-12-3-13-25(21,23)24/h1-2,4-5,7-10H,3,6,11-13H2,(H,20,22). The van der Waals surface area contributed by atoms with E-state index in [1.54, 1.807) is 42.5 Å². The molecule has 0 radical (unpaired) electrons. The summed E-state index contributed by atoms with van der Waals surface area (Å²) in [6.45, 7) is 0.483. The molecule has 1 amide bonds. The van der Waals surface area contributed by atoms with Crippen LogP contribution in [0.3, 0.4) is 0 Å². The van der Waals surface area contributed by atoms with Crippen molar-refractivity contribution in [3.8, 4) is 0 Å². The van der Waals surface area contributed by atoms with E-state index >= 15 is 0 Å². The Balaban J connectivity index is 1.58. The third-order valence-electron chi connectivity index (χ3n) is 4.12. The maximum absolute atomic E-state index is 13.5. The Morgan fingerprint density at radius 2 is 1.84 bits per heavy atom. The molecule has 0 atom stereocenters. The summed E-state index contributed by atoms with van der Waals surface area (Å²) >= 11 is 0. The normalized spacial score (nSPS) is 16.0. The van der Waals surface area contributed by atoms with Crippen LogP contribution in [0.1, 0.15) is 18.4 Å². The van der Waals surface area contributed by atoms with Crippen LogP contribution in [0.25, 0.3) is 0 Å². The second kappa shape index (κ2) is 7.23. The number of rotatable bonds is 5. The van der Waals surface area contributed by atoms with Crippen molar-refractivity contribution in [2.24, 2.45) is 0 Å². The number of benzene rings is 2. The first-order valence-corrected chi connectivity index (χ1v) is 9.70. The fraction of sp³-hybridized carbons (Fsp3) is 0.278. The SMILES string of the molecule is O=C(CCc1ccccc1F)Nc1ccc(N2CCCS2(=O)=O)cc1. The van der Waals surface area contributed by atoms with Crippen LogP contribution in [-0.4, -0.2) is 26.6 Å². The van der Waals surface area contributed by atoms with Gasteiger partial charge in [-0.1, -0.05) is 18.2 Å². The highest BCUT2D eigenvalue weighted by Gasteiger charge is 2.28. The molecule has 0 saturated carbocycles. The smallest absolute Gasteiger partial charge is 0.235 e. The number of nitrogens with one attached hydrogen (secondary N) is 1. The van der Waals surface area contributed by atoms with E-state index in [2.05, 4.69) is 5.32 Å².